The van der Waals surface area contributed by atoms with E-state index in [2.05, 4.69) is 25.5 Å². The number of rotatable bonds is 6. The molecule has 0 saturated carbocycles. The van der Waals surface area contributed by atoms with Crippen molar-refractivity contribution in [3.05, 3.63) is 51.9 Å². The van der Waals surface area contributed by atoms with E-state index >= 15 is 0 Å². The summed E-state index contributed by atoms with van der Waals surface area (Å²) >= 11 is 2.94. The van der Waals surface area contributed by atoms with Crippen molar-refractivity contribution in [1.82, 2.24) is 30.2 Å². The van der Waals surface area contributed by atoms with E-state index in [1.807, 2.05) is 35.7 Å². The van der Waals surface area contributed by atoms with Gasteiger partial charge in [0.15, 0.2) is 0 Å². The maximum atomic E-state index is 12.8. The minimum absolute atomic E-state index is 0.121. The summed E-state index contributed by atoms with van der Waals surface area (Å²) in [5.41, 5.74) is 1.81. The van der Waals surface area contributed by atoms with Gasteiger partial charge >= 0.3 is 0 Å². The van der Waals surface area contributed by atoms with E-state index in [9.17, 15) is 4.79 Å². The summed E-state index contributed by atoms with van der Waals surface area (Å²) in [7, 11) is 0. The highest BCUT2D eigenvalue weighted by Gasteiger charge is 2.19. The van der Waals surface area contributed by atoms with Crippen LogP contribution in [0, 0.1) is 0 Å². The van der Waals surface area contributed by atoms with E-state index in [0.29, 0.717) is 28.7 Å². The van der Waals surface area contributed by atoms with Gasteiger partial charge in [-0.3, -0.25) is 4.79 Å². The van der Waals surface area contributed by atoms with Crippen molar-refractivity contribution in [2.45, 2.75) is 36.4 Å². The molecule has 1 aromatic carbocycles. The SMILES string of the molecule is O=c1[nH]c(CSc2nnnn2C[C@H]2CCCO2)nc2scc(-c3ccccc3)c12. The molecule has 1 fully saturated rings. The first kappa shape index (κ1) is 18.5. The number of nitrogens with one attached hydrogen (secondary N) is 1. The molecular formula is C19H18N6O2S2. The molecular weight excluding hydrogens is 408 g/mol. The van der Waals surface area contributed by atoms with Crippen LogP contribution in [0.25, 0.3) is 21.3 Å². The van der Waals surface area contributed by atoms with Gasteiger partial charge in [-0.25, -0.2) is 9.67 Å². The summed E-state index contributed by atoms with van der Waals surface area (Å²) in [6.45, 7) is 1.44. The highest BCUT2D eigenvalue weighted by Crippen LogP contribution is 2.31. The Bertz CT molecular complexity index is 1180. The molecule has 1 saturated heterocycles. The van der Waals surface area contributed by atoms with Crippen LogP contribution in [0.3, 0.4) is 0 Å². The fourth-order valence-electron chi connectivity index (χ4n) is 3.42. The van der Waals surface area contributed by atoms with Crippen molar-refractivity contribution >= 4 is 33.3 Å². The molecule has 0 amide bonds. The molecule has 3 aromatic heterocycles. The van der Waals surface area contributed by atoms with Gasteiger partial charge in [0.25, 0.3) is 5.56 Å². The number of benzene rings is 1. The average molecular weight is 427 g/mol. The topological polar surface area (TPSA) is 98.6 Å². The van der Waals surface area contributed by atoms with Crippen LogP contribution in [0.4, 0.5) is 0 Å². The van der Waals surface area contributed by atoms with Crippen LogP contribution >= 0.6 is 23.1 Å². The molecule has 5 rings (SSSR count). The standard InChI is InChI=1S/C19H18N6O2S2/c26-17-16-14(12-5-2-1-3-6-12)10-28-18(16)21-15(20-17)11-29-19-22-23-24-25(19)9-13-7-4-8-27-13/h1-3,5-6,10,13H,4,7-9,11H2,(H,20,21,26)/t13-/m1/s1. The van der Waals surface area contributed by atoms with Gasteiger partial charge in [-0.2, -0.15) is 0 Å². The molecule has 1 N–H and O–H groups in total. The number of hydrogen-bond acceptors (Lipinski definition) is 8. The van der Waals surface area contributed by atoms with Crippen molar-refractivity contribution in [3.8, 4) is 11.1 Å². The van der Waals surface area contributed by atoms with E-state index in [0.717, 1.165) is 35.4 Å². The first-order chi connectivity index (χ1) is 14.3. The van der Waals surface area contributed by atoms with E-state index in [1.54, 1.807) is 4.68 Å². The van der Waals surface area contributed by atoms with Crippen LogP contribution in [0.5, 0.6) is 0 Å². The number of tetrazole rings is 1. The molecule has 29 heavy (non-hydrogen) atoms. The number of thiophene rings is 1. The number of fused-ring (bicyclic) bond motifs is 1. The van der Waals surface area contributed by atoms with Crippen LogP contribution in [0.1, 0.15) is 18.7 Å². The lowest BCUT2D eigenvalue weighted by atomic mass is 10.1. The summed E-state index contributed by atoms with van der Waals surface area (Å²) in [5.74, 6) is 1.09. The Labute approximate surface area is 174 Å². The summed E-state index contributed by atoms with van der Waals surface area (Å²) in [6, 6.07) is 9.89. The molecule has 0 aliphatic carbocycles. The Balaban J connectivity index is 1.36. The second-order valence-electron chi connectivity index (χ2n) is 6.78. The smallest absolute Gasteiger partial charge is 0.260 e. The maximum Gasteiger partial charge on any atom is 0.260 e. The van der Waals surface area contributed by atoms with Gasteiger partial charge in [0.2, 0.25) is 5.16 Å². The summed E-state index contributed by atoms with van der Waals surface area (Å²) in [4.78, 5) is 21.1. The van der Waals surface area contributed by atoms with E-state index < -0.39 is 0 Å². The molecule has 0 radical (unpaired) electrons. The zero-order valence-corrected chi connectivity index (χ0v) is 17.1. The zero-order chi connectivity index (χ0) is 19.6. The lowest BCUT2D eigenvalue weighted by Crippen LogP contribution is -2.17. The maximum absolute atomic E-state index is 12.8. The van der Waals surface area contributed by atoms with Gasteiger partial charge in [0.05, 0.1) is 23.8 Å². The van der Waals surface area contributed by atoms with Crippen molar-refractivity contribution in [2.24, 2.45) is 0 Å². The molecule has 8 nitrogen and oxygen atoms in total. The number of hydrogen-bond donors (Lipinski definition) is 1. The molecule has 1 aliphatic heterocycles. The highest BCUT2D eigenvalue weighted by molar-refractivity contribution is 7.98. The Morgan fingerprint density at radius 3 is 3.03 bits per heavy atom. The monoisotopic (exact) mass is 426 g/mol. The van der Waals surface area contributed by atoms with Gasteiger partial charge in [0.1, 0.15) is 10.7 Å². The number of thioether (sulfide) groups is 1. The fraction of sp³-hybridized carbons (Fsp3) is 0.316. The second-order valence-corrected chi connectivity index (χ2v) is 8.58. The Morgan fingerprint density at radius 1 is 1.31 bits per heavy atom. The van der Waals surface area contributed by atoms with Gasteiger partial charge in [0, 0.05) is 17.6 Å². The lowest BCUT2D eigenvalue weighted by molar-refractivity contribution is 0.0912. The van der Waals surface area contributed by atoms with Crippen molar-refractivity contribution in [1.29, 1.82) is 0 Å². The first-order valence-corrected chi connectivity index (χ1v) is 11.2. The number of aromatic nitrogens is 6. The molecule has 4 aromatic rings. The number of H-pyrrole nitrogens is 1. The van der Waals surface area contributed by atoms with Gasteiger partial charge in [-0.05, 0) is 28.8 Å². The van der Waals surface area contributed by atoms with Crippen LogP contribution in [-0.2, 0) is 17.0 Å². The van der Waals surface area contributed by atoms with Crippen molar-refractivity contribution in [2.75, 3.05) is 6.61 Å². The minimum Gasteiger partial charge on any atom is -0.376 e. The van der Waals surface area contributed by atoms with Gasteiger partial charge in [-0.1, -0.05) is 42.1 Å². The van der Waals surface area contributed by atoms with Crippen LogP contribution in [0.2, 0.25) is 0 Å². The Morgan fingerprint density at radius 2 is 2.21 bits per heavy atom. The minimum atomic E-state index is -0.121. The average Bonchev–Trinajstić information content (AvgIpc) is 3.49. The predicted octanol–water partition coefficient (Wildman–Crippen LogP) is 3.11. The molecule has 1 aliphatic rings. The first-order valence-electron chi connectivity index (χ1n) is 9.34. The molecule has 148 valence electrons. The summed E-state index contributed by atoms with van der Waals surface area (Å²) < 4.78 is 7.42. The predicted molar refractivity (Wildman–Crippen MR) is 112 cm³/mol. The normalized spacial score (nSPS) is 16.6. The lowest BCUT2D eigenvalue weighted by Gasteiger charge is -2.09. The number of aromatic amines is 1. The molecule has 10 heteroatoms. The van der Waals surface area contributed by atoms with Crippen molar-refractivity contribution in [3.63, 3.8) is 0 Å². The molecule has 4 heterocycles. The zero-order valence-electron chi connectivity index (χ0n) is 15.4. The van der Waals surface area contributed by atoms with Crippen LogP contribution < -0.4 is 5.56 Å². The largest absolute Gasteiger partial charge is 0.376 e. The summed E-state index contributed by atoms with van der Waals surface area (Å²) in [6.07, 6.45) is 2.26. The second kappa shape index (κ2) is 8.05. The van der Waals surface area contributed by atoms with Gasteiger partial charge < -0.3 is 9.72 Å². The van der Waals surface area contributed by atoms with E-state index in [-0.39, 0.29) is 11.7 Å². The molecule has 0 spiro atoms. The van der Waals surface area contributed by atoms with Crippen molar-refractivity contribution < 1.29 is 4.74 Å². The third-order valence-corrected chi connectivity index (χ3v) is 6.66. The van der Waals surface area contributed by atoms with E-state index in [4.69, 9.17) is 4.74 Å². The van der Waals surface area contributed by atoms with Gasteiger partial charge in [-0.15, -0.1) is 16.4 Å². The number of nitrogens with zero attached hydrogens (tertiary/aromatic N) is 5. The Kier molecular flexibility index (Phi) is 5.13. The molecule has 0 bridgehead atoms. The fourth-order valence-corrected chi connectivity index (χ4v) is 5.14. The quantitative estimate of drug-likeness (QED) is 0.473. The van der Waals surface area contributed by atoms with Crippen LogP contribution in [0.15, 0.2) is 45.7 Å². The third-order valence-electron chi connectivity index (χ3n) is 4.82. The highest BCUT2D eigenvalue weighted by atomic mass is 32.2. The summed E-state index contributed by atoms with van der Waals surface area (Å²) in [5, 5.41) is 15.3. The third kappa shape index (κ3) is 3.83. The Hall–Kier alpha value is -2.56. The van der Waals surface area contributed by atoms with Crippen LogP contribution in [-0.4, -0.2) is 42.9 Å². The molecule has 0 unspecified atom stereocenters. The van der Waals surface area contributed by atoms with E-state index in [1.165, 1.54) is 23.1 Å². The number of ether oxygens (including phenoxy) is 1. The molecule has 1 atom stereocenters.